The van der Waals surface area contributed by atoms with Crippen molar-refractivity contribution in [2.45, 2.75) is 105 Å². The summed E-state index contributed by atoms with van der Waals surface area (Å²) in [6, 6.07) is 13.2. The van der Waals surface area contributed by atoms with Crippen LogP contribution in [0.3, 0.4) is 0 Å². The molecule has 0 saturated carbocycles. The number of allylic oxidation sites excluding steroid dienone is 1. The van der Waals surface area contributed by atoms with Crippen LogP contribution in [-0.4, -0.2) is 18.3 Å². The Kier molecular flexibility index (Phi) is 13.3. The number of aliphatic imine (C=N–C) groups is 1. The first-order valence-corrected chi connectivity index (χ1v) is 14.5. The van der Waals surface area contributed by atoms with E-state index in [1.54, 1.807) is 12.1 Å². The van der Waals surface area contributed by atoms with Crippen molar-refractivity contribution >= 4 is 11.4 Å². The van der Waals surface area contributed by atoms with Gasteiger partial charge in [-0.3, -0.25) is 4.99 Å². The zero-order valence-electron chi connectivity index (χ0n) is 24.2. The Morgan fingerprint density at radius 2 is 1.68 bits per heavy atom. The lowest BCUT2D eigenvalue weighted by atomic mass is 9.94. The van der Waals surface area contributed by atoms with Crippen LogP contribution in [0.5, 0.6) is 0 Å². The fraction of sp³-hybridized carbons (Fsp3) is 0.545. The van der Waals surface area contributed by atoms with Gasteiger partial charge in [-0.05, 0) is 87.1 Å². The summed E-state index contributed by atoms with van der Waals surface area (Å²) in [5.41, 5.74) is 4.30. The predicted molar refractivity (Wildman–Crippen MR) is 157 cm³/mol. The van der Waals surface area contributed by atoms with Gasteiger partial charge in [-0.2, -0.15) is 13.2 Å². The van der Waals surface area contributed by atoms with Gasteiger partial charge < -0.3 is 5.32 Å². The van der Waals surface area contributed by atoms with Gasteiger partial charge >= 0.3 is 6.18 Å². The Morgan fingerprint density at radius 3 is 2.21 bits per heavy atom. The van der Waals surface area contributed by atoms with Crippen LogP contribution in [0.4, 0.5) is 13.2 Å². The van der Waals surface area contributed by atoms with Crippen molar-refractivity contribution in [1.82, 2.24) is 5.32 Å². The minimum absolute atomic E-state index is 0.199. The maximum atomic E-state index is 14.1. The summed E-state index contributed by atoms with van der Waals surface area (Å²) in [5.74, 6) is 0.269. The predicted octanol–water partition coefficient (Wildman–Crippen LogP) is 9.46. The van der Waals surface area contributed by atoms with Gasteiger partial charge in [-0.25, -0.2) is 0 Å². The maximum Gasteiger partial charge on any atom is 0.416 e. The van der Waals surface area contributed by atoms with Gasteiger partial charge in [0.05, 0.1) is 11.3 Å². The number of benzene rings is 2. The summed E-state index contributed by atoms with van der Waals surface area (Å²) < 4.78 is 42.4. The Bertz CT molecular complexity index is 1030. The Hall–Kier alpha value is -2.40. The number of halogens is 3. The zero-order valence-corrected chi connectivity index (χ0v) is 24.2. The van der Waals surface area contributed by atoms with Crippen LogP contribution < -0.4 is 5.32 Å². The molecule has 0 spiro atoms. The van der Waals surface area contributed by atoms with Gasteiger partial charge in [0.25, 0.3) is 0 Å². The molecule has 0 amide bonds. The van der Waals surface area contributed by atoms with Gasteiger partial charge in [0, 0.05) is 17.3 Å². The number of nitrogens with one attached hydrogen (secondary N) is 1. The topological polar surface area (TPSA) is 24.4 Å². The quantitative estimate of drug-likeness (QED) is 0.289. The molecule has 2 unspecified atom stereocenters. The molecule has 2 aromatic rings. The molecule has 1 heterocycles. The maximum absolute atomic E-state index is 14.1. The van der Waals surface area contributed by atoms with E-state index < -0.39 is 11.7 Å². The molecule has 38 heavy (non-hydrogen) atoms. The zero-order chi connectivity index (χ0) is 28.1. The van der Waals surface area contributed by atoms with Gasteiger partial charge in [-0.1, -0.05) is 83.5 Å². The van der Waals surface area contributed by atoms with E-state index in [9.17, 15) is 13.2 Å². The lowest BCUT2D eigenvalue weighted by Crippen LogP contribution is -2.34. The van der Waals surface area contributed by atoms with E-state index in [1.165, 1.54) is 11.6 Å². The Morgan fingerprint density at radius 1 is 1.03 bits per heavy atom. The molecule has 2 atom stereocenters. The van der Waals surface area contributed by atoms with E-state index in [1.807, 2.05) is 39.0 Å². The molecule has 0 aromatic heterocycles. The molecule has 1 N–H and O–H groups in total. The Balaban J connectivity index is 0.00000247. The lowest BCUT2D eigenvalue weighted by molar-refractivity contribution is -0.138. The van der Waals surface area contributed by atoms with Crippen LogP contribution in [0.15, 0.2) is 53.5 Å². The first kappa shape index (κ1) is 31.8. The molecule has 0 radical (unpaired) electrons. The van der Waals surface area contributed by atoms with Crippen molar-refractivity contribution in [3.05, 3.63) is 76.4 Å². The number of rotatable bonds is 11. The summed E-state index contributed by atoms with van der Waals surface area (Å²) in [7, 11) is 0. The highest BCUT2D eigenvalue weighted by Gasteiger charge is 2.34. The molecule has 0 bridgehead atoms. The third kappa shape index (κ3) is 9.11. The first-order chi connectivity index (χ1) is 18.3. The summed E-state index contributed by atoms with van der Waals surface area (Å²) in [5, 5.41) is 3.51. The monoisotopic (exact) mass is 528 g/mol. The van der Waals surface area contributed by atoms with Crippen LogP contribution in [0, 0.1) is 5.92 Å². The number of hydrogen-bond acceptors (Lipinski definition) is 2. The molecule has 1 saturated heterocycles. The number of unbranched alkanes of at least 4 members (excludes halogenated alkanes) is 1. The van der Waals surface area contributed by atoms with Crippen LogP contribution in [-0.2, 0) is 25.4 Å². The molecular formula is C33H47F3N2. The van der Waals surface area contributed by atoms with Crippen molar-refractivity contribution < 1.29 is 13.2 Å². The molecule has 210 valence electrons. The Labute approximate surface area is 228 Å². The number of aryl methyl sites for hydroxylation is 3. The van der Waals surface area contributed by atoms with Crippen LogP contribution in [0.1, 0.15) is 101 Å². The minimum atomic E-state index is -4.41. The molecular weight excluding hydrogens is 481 g/mol. The fourth-order valence-corrected chi connectivity index (χ4v) is 4.86. The smallest absolute Gasteiger partial charge is 0.309 e. The highest BCUT2D eigenvalue weighted by atomic mass is 19.4. The number of alkyl halides is 3. The van der Waals surface area contributed by atoms with Crippen molar-refractivity contribution in [1.29, 1.82) is 0 Å². The number of hydrogen-bond donors (Lipinski definition) is 1. The van der Waals surface area contributed by atoms with Crippen molar-refractivity contribution in [2.24, 2.45) is 10.9 Å². The molecule has 1 aliphatic heterocycles. The van der Waals surface area contributed by atoms with E-state index in [4.69, 9.17) is 4.99 Å². The molecule has 1 fully saturated rings. The average molecular weight is 529 g/mol. The lowest BCUT2D eigenvalue weighted by Gasteiger charge is -2.21. The normalized spacial score (nSPS) is 17.2. The van der Waals surface area contributed by atoms with Crippen LogP contribution >= 0.6 is 0 Å². The van der Waals surface area contributed by atoms with Crippen molar-refractivity contribution in [3.63, 3.8) is 0 Å². The van der Waals surface area contributed by atoms with Crippen LogP contribution in [0.25, 0.3) is 5.70 Å². The third-order valence-corrected chi connectivity index (χ3v) is 7.29. The van der Waals surface area contributed by atoms with E-state index in [2.05, 4.69) is 38.2 Å². The summed E-state index contributed by atoms with van der Waals surface area (Å²) in [6.45, 7) is 13.2. The van der Waals surface area contributed by atoms with Crippen LogP contribution in [0.2, 0.25) is 0 Å². The largest absolute Gasteiger partial charge is 0.416 e. The average Bonchev–Trinajstić information content (AvgIpc) is 3.47. The number of nitrogens with zero attached hydrogens (tertiary/aromatic N) is 1. The van der Waals surface area contributed by atoms with Gasteiger partial charge in [-0.15, -0.1) is 0 Å². The standard InChI is InChI=1S/C31H41F3N2.C2H6/c1-5-8-10-23-12-14-24(15-13-23)16-17-25-18-19-26(21-27(25)31(32,33)34)28(7-3)36-30(22(4)6-2)29-11-9-20-35-29;1-2/h7,12-15,18-19,21-22,29,35H,5-6,8-11,16-17,20H2,1-4H3;1-2H3/b28-7-,36-30?;. The van der Waals surface area contributed by atoms with E-state index >= 15 is 0 Å². The second-order valence-corrected chi connectivity index (χ2v) is 9.96. The minimum Gasteiger partial charge on any atom is -0.309 e. The molecule has 2 aromatic carbocycles. The van der Waals surface area contributed by atoms with Gasteiger partial charge in [0.1, 0.15) is 0 Å². The molecule has 3 rings (SSSR count). The van der Waals surface area contributed by atoms with Crippen molar-refractivity contribution in [3.8, 4) is 0 Å². The van der Waals surface area contributed by atoms with E-state index in [0.29, 0.717) is 29.7 Å². The molecule has 1 aliphatic rings. The molecule has 5 heteroatoms. The van der Waals surface area contributed by atoms with E-state index in [-0.39, 0.29) is 12.0 Å². The van der Waals surface area contributed by atoms with E-state index in [0.717, 1.165) is 56.3 Å². The van der Waals surface area contributed by atoms with Gasteiger partial charge in [0.2, 0.25) is 0 Å². The first-order valence-electron chi connectivity index (χ1n) is 14.5. The highest BCUT2D eigenvalue weighted by Crippen LogP contribution is 2.35. The summed E-state index contributed by atoms with van der Waals surface area (Å²) in [4.78, 5) is 4.94. The van der Waals surface area contributed by atoms with Gasteiger partial charge in [0.15, 0.2) is 0 Å². The SMILES string of the molecule is C/C=C(\N=C(C(C)CC)C1CCCN1)c1ccc(CCc2ccc(CCCC)cc2)c(C(F)(F)F)c1.CC. The summed E-state index contributed by atoms with van der Waals surface area (Å²) >= 11 is 0. The highest BCUT2D eigenvalue weighted by molar-refractivity contribution is 5.95. The van der Waals surface area contributed by atoms with Crippen molar-refractivity contribution in [2.75, 3.05) is 6.54 Å². The fourth-order valence-electron chi connectivity index (χ4n) is 4.86. The second kappa shape index (κ2) is 15.9. The molecule has 2 nitrogen and oxygen atoms in total. The molecule has 0 aliphatic carbocycles. The third-order valence-electron chi connectivity index (χ3n) is 7.29. The summed E-state index contributed by atoms with van der Waals surface area (Å²) in [6.07, 6.45) is 4.74. The second-order valence-electron chi connectivity index (χ2n) is 9.96.